The molecule has 0 radical (unpaired) electrons. The maximum Gasteiger partial charge on any atom is 0.203 e. The molecule has 4 rings (SSSR count). The summed E-state index contributed by atoms with van der Waals surface area (Å²) in [6.45, 7) is 1.99. The summed E-state index contributed by atoms with van der Waals surface area (Å²) in [6, 6.07) is 11.8. The summed E-state index contributed by atoms with van der Waals surface area (Å²) < 4.78 is 16.4. The van der Waals surface area contributed by atoms with Crippen LogP contribution in [0.5, 0.6) is 17.2 Å². The van der Waals surface area contributed by atoms with Crippen molar-refractivity contribution in [1.82, 2.24) is 15.2 Å². The largest absolute Gasteiger partial charge is 0.493 e. The zero-order valence-electron chi connectivity index (χ0n) is 16.7. The van der Waals surface area contributed by atoms with Crippen LogP contribution in [0.2, 0.25) is 0 Å². The predicted molar refractivity (Wildman–Crippen MR) is 114 cm³/mol. The van der Waals surface area contributed by atoms with E-state index in [1.165, 1.54) is 0 Å². The van der Waals surface area contributed by atoms with Crippen molar-refractivity contribution in [3.05, 3.63) is 48.2 Å². The lowest BCUT2D eigenvalue weighted by Crippen LogP contribution is -1.96. The smallest absolute Gasteiger partial charge is 0.203 e. The van der Waals surface area contributed by atoms with Crippen molar-refractivity contribution in [2.24, 2.45) is 0 Å². The summed E-state index contributed by atoms with van der Waals surface area (Å²) in [5.41, 5.74) is 12.1. The summed E-state index contributed by atoms with van der Waals surface area (Å²) >= 11 is 0. The van der Waals surface area contributed by atoms with Crippen LogP contribution in [0.25, 0.3) is 33.4 Å². The summed E-state index contributed by atoms with van der Waals surface area (Å²) in [6.07, 6.45) is 1.80. The number of nitrogens with one attached hydrogen (secondary N) is 1. The number of nitrogen functional groups attached to an aromatic ring is 1. The van der Waals surface area contributed by atoms with Crippen LogP contribution in [0.15, 0.2) is 42.6 Å². The molecular formula is C22H22N4O3. The fourth-order valence-corrected chi connectivity index (χ4v) is 3.32. The van der Waals surface area contributed by atoms with E-state index in [0.29, 0.717) is 22.9 Å². The number of nitrogens with two attached hydrogens (primary N) is 1. The van der Waals surface area contributed by atoms with Crippen LogP contribution in [0.1, 0.15) is 5.56 Å². The molecule has 0 unspecified atom stereocenters. The molecule has 7 nitrogen and oxygen atoms in total. The van der Waals surface area contributed by atoms with E-state index < -0.39 is 0 Å². The number of H-pyrrole nitrogens is 1. The van der Waals surface area contributed by atoms with E-state index in [4.69, 9.17) is 19.9 Å². The van der Waals surface area contributed by atoms with Crippen molar-refractivity contribution in [3.63, 3.8) is 0 Å². The lowest BCUT2D eigenvalue weighted by molar-refractivity contribution is 0.324. The second-order valence-corrected chi connectivity index (χ2v) is 6.68. The SMILES string of the molecule is COc1cc(-c2[nH]nc3ncc(-c4ccc(C)c(N)c4)cc23)cc(OC)c1OC. The van der Waals surface area contributed by atoms with Gasteiger partial charge in [0.15, 0.2) is 17.1 Å². The van der Waals surface area contributed by atoms with Crippen LogP contribution in [-0.2, 0) is 0 Å². The van der Waals surface area contributed by atoms with Gasteiger partial charge >= 0.3 is 0 Å². The molecule has 0 saturated carbocycles. The van der Waals surface area contributed by atoms with E-state index in [9.17, 15) is 0 Å². The Kier molecular flexibility index (Phi) is 4.72. The molecule has 3 N–H and O–H groups in total. The topological polar surface area (TPSA) is 95.3 Å². The van der Waals surface area contributed by atoms with Gasteiger partial charge in [0.25, 0.3) is 0 Å². The number of pyridine rings is 1. The van der Waals surface area contributed by atoms with Gasteiger partial charge in [-0.05, 0) is 42.3 Å². The van der Waals surface area contributed by atoms with Crippen LogP contribution < -0.4 is 19.9 Å². The standard InChI is InChI=1S/C22H22N4O3/c1-12-5-6-13(8-17(12)23)15-7-16-20(25-26-22(16)24-11-15)14-9-18(27-2)21(29-4)19(10-14)28-3/h5-11H,23H2,1-4H3,(H,24,25,26). The zero-order valence-corrected chi connectivity index (χ0v) is 16.7. The van der Waals surface area contributed by atoms with Crippen molar-refractivity contribution in [3.8, 4) is 39.6 Å². The van der Waals surface area contributed by atoms with Crippen molar-refractivity contribution < 1.29 is 14.2 Å². The monoisotopic (exact) mass is 390 g/mol. The van der Waals surface area contributed by atoms with Crippen molar-refractivity contribution in [2.75, 3.05) is 27.1 Å². The fourth-order valence-electron chi connectivity index (χ4n) is 3.32. The summed E-state index contributed by atoms with van der Waals surface area (Å²) in [5, 5.41) is 8.31. The molecule has 0 aliphatic carbocycles. The molecule has 0 spiro atoms. The van der Waals surface area contributed by atoms with E-state index in [0.717, 1.165) is 39.0 Å². The number of hydrogen-bond acceptors (Lipinski definition) is 6. The van der Waals surface area contributed by atoms with Gasteiger partial charge in [-0.3, -0.25) is 5.10 Å². The molecule has 2 aromatic heterocycles. The highest BCUT2D eigenvalue weighted by molar-refractivity contribution is 5.94. The summed E-state index contributed by atoms with van der Waals surface area (Å²) in [4.78, 5) is 4.50. The van der Waals surface area contributed by atoms with Gasteiger partial charge in [-0.2, -0.15) is 5.10 Å². The minimum Gasteiger partial charge on any atom is -0.493 e. The van der Waals surface area contributed by atoms with Gasteiger partial charge in [0.05, 0.1) is 27.0 Å². The maximum atomic E-state index is 6.08. The number of benzene rings is 2. The first-order valence-electron chi connectivity index (χ1n) is 9.06. The lowest BCUT2D eigenvalue weighted by atomic mass is 10.0. The third-order valence-electron chi connectivity index (χ3n) is 4.98. The Morgan fingerprint density at radius 1 is 0.862 bits per heavy atom. The molecule has 0 atom stereocenters. The molecule has 29 heavy (non-hydrogen) atoms. The number of nitrogens with zero attached hydrogens (tertiary/aromatic N) is 2. The van der Waals surface area contributed by atoms with Crippen LogP contribution in [-0.4, -0.2) is 36.5 Å². The van der Waals surface area contributed by atoms with Gasteiger partial charge in [-0.1, -0.05) is 12.1 Å². The van der Waals surface area contributed by atoms with E-state index in [2.05, 4.69) is 21.2 Å². The van der Waals surface area contributed by atoms with Crippen molar-refractivity contribution in [2.45, 2.75) is 6.92 Å². The number of methoxy groups -OCH3 is 3. The van der Waals surface area contributed by atoms with Gasteiger partial charge in [0.1, 0.15) is 0 Å². The molecule has 2 aromatic carbocycles. The Morgan fingerprint density at radius 3 is 2.21 bits per heavy atom. The number of rotatable bonds is 5. The Balaban J connectivity index is 1.88. The Labute approximate surface area is 168 Å². The molecule has 0 saturated heterocycles. The molecule has 4 aromatic rings. The highest BCUT2D eigenvalue weighted by atomic mass is 16.5. The molecular weight excluding hydrogens is 368 g/mol. The highest BCUT2D eigenvalue weighted by Crippen LogP contribution is 2.42. The summed E-state index contributed by atoms with van der Waals surface area (Å²) in [7, 11) is 4.76. The molecule has 0 aliphatic heterocycles. The number of ether oxygens (including phenoxy) is 3. The third-order valence-corrected chi connectivity index (χ3v) is 4.98. The number of hydrogen-bond donors (Lipinski definition) is 2. The number of aryl methyl sites for hydroxylation is 1. The maximum absolute atomic E-state index is 6.08. The number of anilines is 1. The Morgan fingerprint density at radius 2 is 1.59 bits per heavy atom. The molecule has 148 valence electrons. The van der Waals surface area contributed by atoms with E-state index >= 15 is 0 Å². The van der Waals surface area contributed by atoms with Gasteiger partial charge in [0, 0.05) is 28.4 Å². The molecule has 0 aliphatic rings. The number of fused-ring (bicyclic) bond motifs is 1. The molecule has 0 fully saturated rings. The zero-order chi connectivity index (χ0) is 20.5. The van der Waals surface area contributed by atoms with Gasteiger partial charge < -0.3 is 19.9 Å². The van der Waals surface area contributed by atoms with Crippen LogP contribution in [0.4, 0.5) is 5.69 Å². The molecule has 2 heterocycles. The fraction of sp³-hybridized carbons (Fsp3) is 0.182. The predicted octanol–water partition coefficient (Wildman–Crippen LogP) is 4.21. The first-order chi connectivity index (χ1) is 14.0. The van der Waals surface area contributed by atoms with Gasteiger partial charge in [-0.25, -0.2) is 4.98 Å². The molecule has 7 heteroatoms. The highest BCUT2D eigenvalue weighted by Gasteiger charge is 2.17. The quantitative estimate of drug-likeness (QED) is 0.496. The average Bonchev–Trinajstić information content (AvgIpc) is 3.17. The van der Waals surface area contributed by atoms with E-state index in [-0.39, 0.29) is 0 Å². The van der Waals surface area contributed by atoms with Crippen LogP contribution in [0, 0.1) is 6.92 Å². The second-order valence-electron chi connectivity index (χ2n) is 6.68. The first-order valence-corrected chi connectivity index (χ1v) is 9.06. The third kappa shape index (κ3) is 3.20. The molecule has 0 amide bonds. The lowest BCUT2D eigenvalue weighted by Gasteiger charge is -2.13. The first kappa shape index (κ1) is 18.6. The Bertz CT molecular complexity index is 1180. The van der Waals surface area contributed by atoms with Crippen molar-refractivity contribution >= 4 is 16.7 Å². The van der Waals surface area contributed by atoms with Crippen LogP contribution in [0.3, 0.4) is 0 Å². The minimum absolute atomic E-state index is 0.538. The van der Waals surface area contributed by atoms with E-state index in [1.54, 1.807) is 27.5 Å². The number of aromatic amines is 1. The van der Waals surface area contributed by atoms with Crippen molar-refractivity contribution in [1.29, 1.82) is 0 Å². The number of aromatic nitrogens is 3. The van der Waals surface area contributed by atoms with Crippen LogP contribution >= 0.6 is 0 Å². The summed E-state index contributed by atoms with van der Waals surface area (Å²) in [5.74, 6) is 1.68. The van der Waals surface area contributed by atoms with Gasteiger partial charge in [0.2, 0.25) is 5.75 Å². The minimum atomic E-state index is 0.538. The normalized spacial score (nSPS) is 10.9. The molecule has 0 bridgehead atoms. The van der Waals surface area contributed by atoms with E-state index in [1.807, 2.05) is 37.3 Å². The average molecular weight is 390 g/mol. The second kappa shape index (κ2) is 7.35. The Hall–Kier alpha value is -3.74. The van der Waals surface area contributed by atoms with Gasteiger partial charge in [-0.15, -0.1) is 0 Å².